The lowest BCUT2D eigenvalue weighted by Crippen LogP contribution is -1.87. The number of hydrogen-bond acceptors (Lipinski definition) is 1. The van der Waals surface area contributed by atoms with Crippen LogP contribution in [0.5, 0.6) is 0 Å². The molecule has 13 rings (SSSR count). The maximum atomic E-state index is 6.69. The fourth-order valence-electron chi connectivity index (χ4n) is 9.93. The summed E-state index contributed by atoms with van der Waals surface area (Å²) in [6.45, 7) is 0. The van der Waals surface area contributed by atoms with Crippen LogP contribution in [0, 0.1) is 0 Å². The number of benzene rings is 12. The van der Waals surface area contributed by atoms with E-state index in [-0.39, 0.29) is 0 Å². The van der Waals surface area contributed by atoms with E-state index in [9.17, 15) is 0 Å². The largest absolute Gasteiger partial charge is 0.456 e. The molecule has 13 aromatic rings. The third kappa shape index (κ3) is 4.92. The lowest BCUT2D eigenvalue weighted by Gasteiger charge is -2.14. The lowest BCUT2D eigenvalue weighted by atomic mass is 9.90. The summed E-state index contributed by atoms with van der Waals surface area (Å²) in [6, 6.07) is 75.8. The summed E-state index contributed by atoms with van der Waals surface area (Å²) in [5.41, 5.74) is 8.97. The Balaban J connectivity index is 0.886. The third-order valence-corrected chi connectivity index (χ3v) is 12.8. The molecule has 0 aliphatic rings. The molecule has 1 aromatic heterocycles. The molecule has 0 unspecified atom stereocenters. The molecule has 0 fully saturated rings. The van der Waals surface area contributed by atoms with Crippen LogP contribution in [0.2, 0.25) is 0 Å². The fourth-order valence-corrected chi connectivity index (χ4v) is 9.93. The zero-order chi connectivity index (χ0) is 38.6. The van der Waals surface area contributed by atoms with Gasteiger partial charge in [-0.15, -0.1) is 0 Å². The molecule has 1 heterocycles. The van der Waals surface area contributed by atoms with Gasteiger partial charge in [0.2, 0.25) is 0 Å². The van der Waals surface area contributed by atoms with Crippen LogP contribution in [-0.2, 0) is 0 Å². The molecule has 0 radical (unpaired) electrons. The zero-order valence-corrected chi connectivity index (χ0v) is 32.0. The van der Waals surface area contributed by atoms with E-state index in [4.69, 9.17) is 4.42 Å². The van der Waals surface area contributed by atoms with Gasteiger partial charge in [-0.3, -0.25) is 0 Å². The summed E-state index contributed by atoms with van der Waals surface area (Å²) < 4.78 is 6.69. The maximum Gasteiger partial charge on any atom is 0.136 e. The normalized spacial score (nSPS) is 12.1. The van der Waals surface area contributed by atoms with Gasteiger partial charge >= 0.3 is 0 Å². The molecular formula is C58H34O. The van der Waals surface area contributed by atoms with Crippen molar-refractivity contribution in [2.45, 2.75) is 0 Å². The van der Waals surface area contributed by atoms with E-state index in [1.807, 2.05) is 0 Å². The van der Waals surface area contributed by atoms with Gasteiger partial charge in [-0.2, -0.15) is 0 Å². The van der Waals surface area contributed by atoms with Gasteiger partial charge in [-0.1, -0.05) is 158 Å². The molecule has 0 saturated carbocycles. The van der Waals surface area contributed by atoms with E-state index in [0.717, 1.165) is 33.1 Å². The van der Waals surface area contributed by atoms with Crippen molar-refractivity contribution in [3.8, 4) is 33.4 Å². The zero-order valence-electron chi connectivity index (χ0n) is 32.0. The Kier molecular flexibility index (Phi) is 6.79. The highest BCUT2D eigenvalue weighted by Gasteiger charge is 2.16. The molecule has 0 amide bonds. The lowest BCUT2D eigenvalue weighted by molar-refractivity contribution is 0.669. The van der Waals surface area contributed by atoms with E-state index >= 15 is 0 Å². The van der Waals surface area contributed by atoms with Crippen LogP contribution in [0.15, 0.2) is 211 Å². The number of rotatable bonds is 3. The SMILES string of the molecule is c1ccc2c(c1)ccc1c3ccccc3c(-c3ccc4c(c3)oc3cc(-c5ccc6cc(-c7cc8ccc9ccccc9c8c8ccccc78)ccc6c5)ccc34)cc21. The summed E-state index contributed by atoms with van der Waals surface area (Å²) in [6.07, 6.45) is 0. The first-order chi connectivity index (χ1) is 29.2. The topological polar surface area (TPSA) is 13.1 Å². The molecule has 1 nitrogen and oxygen atoms in total. The second-order valence-electron chi connectivity index (χ2n) is 16.0. The number of hydrogen-bond donors (Lipinski definition) is 0. The fraction of sp³-hybridized carbons (Fsp3) is 0. The van der Waals surface area contributed by atoms with Crippen molar-refractivity contribution in [1.82, 2.24) is 0 Å². The van der Waals surface area contributed by atoms with Gasteiger partial charge < -0.3 is 4.42 Å². The van der Waals surface area contributed by atoms with Gasteiger partial charge in [-0.25, -0.2) is 0 Å². The van der Waals surface area contributed by atoms with Gasteiger partial charge in [0.25, 0.3) is 0 Å². The molecule has 0 N–H and O–H groups in total. The van der Waals surface area contributed by atoms with Crippen LogP contribution in [0.3, 0.4) is 0 Å². The molecule has 12 aromatic carbocycles. The minimum absolute atomic E-state index is 0.899. The minimum Gasteiger partial charge on any atom is -0.456 e. The van der Waals surface area contributed by atoms with Crippen LogP contribution in [0.25, 0.3) is 131 Å². The summed E-state index contributed by atoms with van der Waals surface area (Å²) in [5.74, 6) is 0. The van der Waals surface area contributed by atoms with Crippen molar-refractivity contribution >= 4 is 97.3 Å². The van der Waals surface area contributed by atoms with Crippen molar-refractivity contribution in [3.05, 3.63) is 206 Å². The van der Waals surface area contributed by atoms with E-state index < -0.39 is 0 Å². The van der Waals surface area contributed by atoms with Gasteiger partial charge in [-0.05, 0) is 157 Å². The van der Waals surface area contributed by atoms with Crippen LogP contribution in [-0.4, -0.2) is 0 Å². The summed E-state index contributed by atoms with van der Waals surface area (Å²) in [5, 5.41) is 20.0. The van der Waals surface area contributed by atoms with Gasteiger partial charge in [0, 0.05) is 10.8 Å². The quantitative estimate of drug-likeness (QED) is 0.164. The Bertz CT molecular complexity index is 3900. The van der Waals surface area contributed by atoms with E-state index in [0.29, 0.717) is 0 Å². The molecule has 0 aliphatic heterocycles. The number of furan rings is 1. The van der Waals surface area contributed by atoms with E-state index in [1.165, 1.54) is 97.7 Å². The standard InChI is InChI=1S/C58H34O/c1-3-11-44-35(9-1)23-26-49-46-13-5-6-14-47(46)54(34-55(44)49)42-25-28-51-50-27-24-40(32-56(50)59-57(51)33-42)38-18-19-39-30-41(21-20-37(39)29-38)53-31-43-22-17-36-10-2-4-12-45(36)58(43)52-16-8-7-15-48(52)53/h1-34H. The van der Waals surface area contributed by atoms with Crippen LogP contribution in [0.1, 0.15) is 0 Å². The smallest absolute Gasteiger partial charge is 0.136 e. The molecule has 0 aliphatic carbocycles. The third-order valence-electron chi connectivity index (χ3n) is 12.8. The first-order valence-electron chi connectivity index (χ1n) is 20.4. The molecule has 0 atom stereocenters. The average Bonchev–Trinajstić information content (AvgIpc) is 3.67. The van der Waals surface area contributed by atoms with Gasteiger partial charge in [0.15, 0.2) is 0 Å². The first kappa shape index (κ1) is 32.4. The molecule has 0 saturated heterocycles. The van der Waals surface area contributed by atoms with Crippen LogP contribution >= 0.6 is 0 Å². The highest BCUT2D eigenvalue weighted by atomic mass is 16.3. The maximum absolute atomic E-state index is 6.69. The molecular weight excluding hydrogens is 713 g/mol. The first-order valence-corrected chi connectivity index (χ1v) is 20.4. The highest BCUT2D eigenvalue weighted by molar-refractivity contribution is 6.24. The van der Waals surface area contributed by atoms with Gasteiger partial charge in [0.1, 0.15) is 11.2 Å². The Labute approximate surface area is 340 Å². The van der Waals surface area contributed by atoms with Crippen LogP contribution < -0.4 is 0 Å². The predicted octanol–water partition coefficient (Wildman–Crippen LogP) is 16.7. The predicted molar refractivity (Wildman–Crippen MR) is 253 cm³/mol. The molecule has 0 bridgehead atoms. The van der Waals surface area contributed by atoms with Crippen molar-refractivity contribution in [1.29, 1.82) is 0 Å². The highest BCUT2D eigenvalue weighted by Crippen LogP contribution is 2.42. The van der Waals surface area contributed by atoms with E-state index in [1.54, 1.807) is 0 Å². The van der Waals surface area contributed by atoms with Crippen molar-refractivity contribution in [3.63, 3.8) is 0 Å². The van der Waals surface area contributed by atoms with Gasteiger partial charge in [0.05, 0.1) is 0 Å². The summed E-state index contributed by atoms with van der Waals surface area (Å²) in [7, 11) is 0. The van der Waals surface area contributed by atoms with Crippen molar-refractivity contribution in [2.75, 3.05) is 0 Å². The van der Waals surface area contributed by atoms with Crippen LogP contribution in [0.4, 0.5) is 0 Å². The molecule has 1 heteroatoms. The minimum atomic E-state index is 0.899. The summed E-state index contributed by atoms with van der Waals surface area (Å²) >= 11 is 0. The Hall–Kier alpha value is -7.74. The Morgan fingerprint density at radius 1 is 0.220 bits per heavy atom. The average molecular weight is 747 g/mol. The molecule has 272 valence electrons. The van der Waals surface area contributed by atoms with Crippen molar-refractivity contribution in [2.24, 2.45) is 0 Å². The number of fused-ring (bicyclic) bond motifs is 14. The van der Waals surface area contributed by atoms with Crippen molar-refractivity contribution < 1.29 is 4.42 Å². The second kappa shape index (κ2) is 12.4. The van der Waals surface area contributed by atoms with E-state index in [2.05, 4.69) is 206 Å². The Morgan fingerprint density at radius 3 is 1.44 bits per heavy atom. The monoisotopic (exact) mass is 746 g/mol. The molecule has 59 heavy (non-hydrogen) atoms. The molecule has 0 spiro atoms. The second-order valence-corrected chi connectivity index (χ2v) is 16.0. The summed E-state index contributed by atoms with van der Waals surface area (Å²) in [4.78, 5) is 0. The Morgan fingerprint density at radius 2 is 0.661 bits per heavy atom.